The molecule has 0 radical (unpaired) electrons. The van der Waals surface area contributed by atoms with Crippen LogP contribution in [-0.4, -0.2) is 29.9 Å². The van der Waals surface area contributed by atoms with Crippen LogP contribution in [0.15, 0.2) is 42.5 Å². The van der Waals surface area contributed by atoms with Crippen molar-refractivity contribution in [3.05, 3.63) is 57.8 Å². The molecule has 1 saturated heterocycles. The standard InChI is InChI=1S/C17H20N2OS/c1-12-7-8-14(21-12)9-17(20)19-10-15(16(18)11-19)13-5-3-2-4-6-13/h2-8,15-16H,9-11,18H2,1H3/t15-,16+/m0/s1. The first-order valence-corrected chi connectivity index (χ1v) is 8.09. The normalized spacial score (nSPS) is 21.7. The number of hydrogen-bond acceptors (Lipinski definition) is 3. The SMILES string of the molecule is Cc1ccc(CC(=O)N2C[C@@H](N)[C@H](c3ccccc3)C2)s1. The van der Waals surface area contributed by atoms with E-state index >= 15 is 0 Å². The van der Waals surface area contributed by atoms with Gasteiger partial charge in [0.1, 0.15) is 0 Å². The molecule has 2 heterocycles. The van der Waals surface area contributed by atoms with Crippen molar-refractivity contribution >= 4 is 17.2 Å². The highest BCUT2D eigenvalue weighted by Crippen LogP contribution is 2.27. The molecule has 0 spiro atoms. The lowest BCUT2D eigenvalue weighted by Gasteiger charge is -2.16. The summed E-state index contributed by atoms with van der Waals surface area (Å²) in [5, 5.41) is 0. The van der Waals surface area contributed by atoms with Crippen molar-refractivity contribution in [2.24, 2.45) is 5.73 Å². The summed E-state index contributed by atoms with van der Waals surface area (Å²) in [5.74, 6) is 0.436. The average molecular weight is 300 g/mol. The molecule has 1 fully saturated rings. The lowest BCUT2D eigenvalue weighted by molar-refractivity contribution is -0.129. The highest BCUT2D eigenvalue weighted by Gasteiger charge is 2.33. The molecule has 2 N–H and O–H groups in total. The van der Waals surface area contributed by atoms with E-state index in [1.165, 1.54) is 10.4 Å². The van der Waals surface area contributed by atoms with E-state index in [2.05, 4.69) is 25.1 Å². The number of nitrogens with two attached hydrogens (primary N) is 1. The Balaban J connectivity index is 1.66. The Morgan fingerprint density at radius 1 is 1.24 bits per heavy atom. The van der Waals surface area contributed by atoms with Crippen LogP contribution in [0.1, 0.15) is 21.2 Å². The Morgan fingerprint density at radius 2 is 2.00 bits per heavy atom. The zero-order valence-electron chi connectivity index (χ0n) is 12.2. The molecule has 4 heteroatoms. The molecule has 0 aliphatic carbocycles. The summed E-state index contributed by atoms with van der Waals surface area (Å²) in [5.41, 5.74) is 7.47. The fourth-order valence-corrected chi connectivity index (χ4v) is 3.81. The Morgan fingerprint density at radius 3 is 2.67 bits per heavy atom. The molecule has 2 aromatic rings. The van der Waals surface area contributed by atoms with E-state index < -0.39 is 0 Å². The van der Waals surface area contributed by atoms with Gasteiger partial charge in [-0.15, -0.1) is 11.3 Å². The van der Waals surface area contributed by atoms with Crippen molar-refractivity contribution in [3.8, 4) is 0 Å². The van der Waals surface area contributed by atoms with Crippen molar-refractivity contribution in [3.63, 3.8) is 0 Å². The second-order valence-electron chi connectivity index (χ2n) is 5.67. The Kier molecular flexibility index (Phi) is 4.08. The molecule has 1 aliphatic rings. The number of amides is 1. The fourth-order valence-electron chi connectivity index (χ4n) is 2.93. The first-order chi connectivity index (χ1) is 10.1. The summed E-state index contributed by atoms with van der Waals surface area (Å²) in [6, 6.07) is 14.4. The molecule has 1 aliphatic heterocycles. The fraction of sp³-hybridized carbons (Fsp3) is 0.353. The lowest BCUT2D eigenvalue weighted by atomic mass is 9.95. The Labute approximate surface area is 129 Å². The van der Waals surface area contributed by atoms with Crippen molar-refractivity contribution < 1.29 is 4.79 Å². The van der Waals surface area contributed by atoms with Crippen molar-refractivity contribution in [2.45, 2.75) is 25.3 Å². The summed E-state index contributed by atoms with van der Waals surface area (Å²) in [4.78, 5) is 16.7. The first-order valence-electron chi connectivity index (χ1n) is 7.27. The van der Waals surface area contributed by atoms with E-state index in [0.29, 0.717) is 13.0 Å². The zero-order valence-corrected chi connectivity index (χ0v) is 13.0. The maximum absolute atomic E-state index is 12.4. The van der Waals surface area contributed by atoms with Crippen molar-refractivity contribution in [2.75, 3.05) is 13.1 Å². The van der Waals surface area contributed by atoms with Gasteiger partial charge < -0.3 is 10.6 Å². The van der Waals surface area contributed by atoms with E-state index in [1.54, 1.807) is 11.3 Å². The van der Waals surface area contributed by atoms with Crippen LogP contribution in [-0.2, 0) is 11.2 Å². The molecular weight excluding hydrogens is 280 g/mol. The summed E-state index contributed by atoms with van der Waals surface area (Å²) in [7, 11) is 0. The number of rotatable bonds is 3. The molecule has 1 aromatic heterocycles. The van der Waals surface area contributed by atoms with Crippen LogP contribution in [0.25, 0.3) is 0 Å². The van der Waals surface area contributed by atoms with Crippen LogP contribution in [0.4, 0.5) is 0 Å². The highest BCUT2D eigenvalue weighted by molar-refractivity contribution is 7.12. The van der Waals surface area contributed by atoms with E-state index in [0.717, 1.165) is 11.4 Å². The molecule has 1 aromatic carbocycles. The molecule has 3 nitrogen and oxygen atoms in total. The number of likely N-dealkylation sites (tertiary alicyclic amines) is 1. The number of nitrogens with zero attached hydrogens (tertiary/aromatic N) is 1. The van der Waals surface area contributed by atoms with Crippen molar-refractivity contribution in [1.82, 2.24) is 4.90 Å². The van der Waals surface area contributed by atoms with Gasteiger partial charge in [-0.3, -0.25) is 4.79 Å². The molecule has 21 heavy (non-hydrogen) atoms. The topological polar surface area (TPSA) is 46.3 Å². The van der Waals surface area contributed by atoms with Crippen LogP contribution >= 0.6 is 11.3 Å². The highest BCUT2D eigenvalue weighted by atomic mass is 32.1. The largest absolute Gasteiger partial charge is 0.340 e. The van der Waals surface area contributed by atoms with Crippen molar-refractivity contribution in [1.29, 1.82) is 0 Å². The van der Waals surface area contributed by atoms with Gasteiger partial charge in [-0.05, 0) is 24.6 Å². The summed E-state index contributed by atoms with van der Waals surface area (Å²) >= 11 is 1.69. The number of carbonyl (C=O) groups is 1. The van der Waals surface area contributed by atoms with Gasteiger partial charge in [0, 0.05) is 34.8 Å². The van der Waals surface area contributed by atoms with E-state index in [9.17, 15) is 4.79 Å². The molecule has 0 bridgehead atoms. The van der Waals surface area contributed by atoms with Gasteiger partial charge >= 0.3 is 0 Å². The van der Waals surface area contributed by atoms with Gasteiger partial charge in [-0.25, -0.2) is 0 Å². The number of hydrogen-bond donors (Lipinski definition) is 1. The predicted octanol–water partition coefficient (Wildman–Crippen LogP) is 2.55. The molecular formula is C17H20N2OS. The third-order valence-electron chi connectivity index (χ3n) is 4.07. The van der Waals surface area contributed by atoms with Crippen LogP contribution in [0, 0.1) is 6.92 Å². The number of aryl methyl sites for hydroxylation is 1. The zero-order chi connectivity index (χ0) is 14.8. The number of carbonyl (C=O) groups excluding carboxylic acids is 1. The second-order valence-corrected chi connectivity index (χ2v) is 7.04. The average Bonchev–Trinajstić information content (AvgIpc) is 3.06. The molecule has 110 valence electrons. The minimum atomic E-state index is 0.0291. The van der Waals surface area contributed by atoms with Crippen LogP contribution in [0.5, 0.6) is 0 Å². The number of benzene rings is 1. The Bertz CT molecular complexity index is 623. The quantitative estimate of drug-likeness (QED) is 0.947. The second kappa shape index (κ2) is 6.00. The summed E-state index contributed by atoms with van der Waals surface area (Å²) < 4.78 is 0. The van der Waals surface area contributed by atoms with Gasteiger partial charge in [-0.2, -0.15) is 0 Å². The van der Waals surface area contributed by atoms with Gasteiger partial charge in [-0.1, -0.05) is 30.3 Å². The van der Waals surface area contributed by atoms with E-state index in [4.69, 9.17) is 5.73 Å². The monoisotopic (exact) mass is 300 g/mol. The van der Waals surface area contributed by atoms with Crippen LogP contribution < -0.4 is 5.73 Å². The first kappa shape index (κ1) is 14.3. The molecule has 3 rings (SSSR count). The minimum absolute atomic E-state index is 0.0291. The van der Waals surface area contributed by atoms with Gasteiger partial charge in [0.25, 0.3) is 0 Å². The molecule has 0 saturated carbocycles. The summed E-state index contributed by atoms with van der Waals surface area (Å²) in [6.07, 6.45) is 0.493. The van der Waals surface area contributed by atoms with Crippen LogP contribution in [0.3, 0.4) is 0 Å². The van der Waals surface area contributed by atoms with Gasteiger partial charge in [0.2, 0.25) is 5.91 Å². The third-order valence-corrected chi connectivity index (χ3v) is 5.07. The third kappa shape index (κ3) is 3.17. The molecule has 1 amide bonds. The van der Waals surface area contributed by atoms with E-state index in [-0.39, 0.29) is 17.9 Å². The van der Waals surface area contributed by atoms with Gasteiger partial charge in [0.05, 0.1) is 6.42 Å². The predicted molar refractivity (Wildman–Crippen MR) is 86.5 cm³/mol. The molecule has 0 unspecified atom stereocenters. The minimum Gasteiger partial charge on any atom is -0.340 e. The number of thiophene rings is 1. The maximum Gasteiger partial charge on any atom is 0.227 e. The summed E-state index contributed by atoms with van der Waals surface area (Å²) in [6.45, 7) is 3.45. The van der Waals surface area contributed by atoms with E-state index in [1.807, 2.05) is 29.2 Å². The van der Waals surface area contributed by atoms with Gasteiger partial charge in [0.15, 0.2) is 0 Å². The smallest absolute Gasteiger partial charge is 0.227 e. The maximum atomic E-state index is 12.4. The Hall–Kier alpha value is -1.65. The molecule has 2 atom stereocenters. The van der Waals surface area contributed by atoms with Crippen LogP contribution in [0.2, 0.25) is 0 Å². The lowest BCUT2D eigenvalue weighted by Crippen LogP contribution is -2.32.